The summed E-state index contributed by atoms with van der Waals surface area (Å²) in [5.41, 5.74) is 7.33. The maximum absolute atomic E-state index is 10.3. The summed E-state index contributed by atoms with van der Waals surface area (Å²) in [6, 6.07) is 7.98. The van der Waals surface area contributed by atoms with Gasteiger partial charge in [-0.1, -0.05) is 12.1 Å². The number of nitrogen functional groups attached to an aromatic ring is 1. The lowest BCUT2D eigenvalue weighted by Crippen LogP contribution is -2.51. The molecule has 4 nitrogen and oxygen atoms in total. The number of likely N-dealkylation sites (N-methyl/N-ethyl adjacent to an activating group) is 1. The van der Waals surface area contributed by atoms with E-state index in [1.165, 1.54) is 0 Å². The maximum atomic E-state index is 10.3. The Balaban J connectivity index is 1.94. The molecule has 2 rings (SSSR count). The highest BCUT2D eigenvalue weighted by atomic mass is 16.3. The van der Waals surface area contributed by atoms with Crippen LogP contribution in [0.2, 0.25) is 0 Å². The molecule has 4 heteroatoms. The van der Waals surface area contributed by atoms with Gasteiger partial charge in [0.2, 0.25) is 0 Å². The van der Waals surface area contributed by atoms with Crippen LogP contribution in [0.15, 0.2) is 24.3 Å². The van der Waals surface area contributed by atoms with Gasteiger partial charge in [0, 0.05) is 37.9 Å². The number of piperazine rings is 1. The van der Waals surface area contributed by atoms with Crippen LogP contribution in [0.1, 0.15) is 18.6 Å². The van der Waals surface area contributed by atoms with Crippen molar-refractivity contribution >= 4 is 5.69 Å². The molecule has 0 bridgehead atoms. The first kappa shape index (κ1) is 13.3. The minimum Gasteiger partial charge on any atom is -0.399 e. The van der Waals surface area contributed by atoms with Crippen LogP contribution in [0.5, 0.6) is 0 Å². The molecule has 2 atom stereocenters. The molecule has 0 saturated carbocycles. The molecule has 100 valence electrons. The van der Waals surface area contributed by atoms with Gasteiger partial charge in [0.05, 0.1) is 6.10 Å². The average molecular weight is 249 g/mol. The topological polar surface area (TPSA) is 52.7 Å². The molecule has 18 heavy (non-hydrogen) atoms. The summed E-state index contributed by atoms with van der Waals surface area (Å²) in [5, 5.41) is 10.3. The lowest BCUT2D eigenvalue weighted by molar-refractivity contribution is 0.0474. The predicted octanol–water partition coefficient (Wildman–Crippen LogP) is 0.938. The van der Waals surface area contributed by atoms with Gasteiger partial charge in [0.1, 0.15) is 0 Å². The van der Waals surface area contributed by atoms with Gasteiger partial charge in [-0.3, -0.25) is 4.90 Å². The van der Waals surface area contributed by atoms with E-state index in [0.717, 1.165) is 30.9 Å². The van der Waals surface area contributed by atoms with Crippen LogP contribution in [-0.2, 0) is 0 Å². The van der Waals surface area contributed by atoms with Gasteiger partial charge < -0.3 is 15.7 Å². The summed E-state index contributed by atoms with van der Waals surface area (Å²) in [5.74, 6) is 0. The third-order valence-corrected chi connectivity index (χ3v) is 3.70. The first-order valence-electron chi connectivity index (χ1n) is 6.52. The summed E-state index contributed by atoms with van der Waals surface area (Å²) in [4.78, 5) is 4.68. The molecule has 0 amide bonds. The van der Waals surface area contributed by atoms with Crippen molar-refractivity contribution in [3.8, 4) is 0 Å². The number of nitrogens with two attached hydrogens (primary N) is 1. The highest BCUT2D eigenvalue weighted by molar-refractivity contribution is 5.39. The van der Waals surface area contributed by atoms with E-state index in [2.05, 4.69) is 23.8 Å². The van der Waals surface area contributed by atoms with Crippen molar-refractivity contribution in [2.45, 2.75) is 19.1 Å². The van der Waals surface area contributed by atoms with Crippen molar-refractivity contribution in [2.75, 3.05) is 39.0 Å². The average Bonchev–Trinajstić information content (AvgIpc) is 2.33. The number of hydrogen-bond donors (Lipinski definition) is 2. The fraction of sp³-hybridized carbons (Fsp3) is 0.571. The van der Waals surface area contributed by atoms with Crippen LogP contribution in [0, 0.1) is 0 Å². The highest BCUT2D eigenvalue weighted by Gasteiger charge is 2.23. The third kappa shape index (κ3) is 3.22. The standard InChI is InChI=1S/C14H23N3O/c1-11-9-16(2)7-8-17(11)10-14(18)12-3-5-13(15)6-4-12/h3-6,11,14,18H,7-10,15H2,1-2H3. The zero-order valence-corrected chi connectivity index (χ0v) is 11.2. The molecular formula is C14H23N3O. The Kier molecular flexibility index (Phi) is 4.22. The molecule has 0 aromatic heterocycles. The van der Waals surface area contributed by atoms with Crippen molar-refractivity contribution in [2.24, 2.45) is 0 Å². The Morgan fingerprint density at radius 2 is 2.00 bits per heavy atom. The maximum Gasteiger partial charge on any atom is 0.0917 e. The minimum absolute atomic E-state index is 0.434. The van der Waals surface area contributed by atoms with Crippen molar-refractivity contribution < 1.29 is 5.11 Å². The Bertz CT molecular complexity index is 379. The second-order valence-corrected chi connectivity index (χ2v) is 5.29. The second kappa shape index (κ2) is 5.69. The van der Waals surface area contributed by atoms with E-state index in [-0.39, 0.29) is 0 Å². The van der Waals surface area contributed by atoms with Crippen LogP contribution in [-0.4, -0.2) is 54.2 Å². The zero-order valence-electron chi connectivity index (χ0n) is 11.2. The lowest BCUT2D eigenvalue weighted by atomic mass is 10.1. The van der Waals surface area contributed by atoms with Gasteiger partial charge in [-0.2, -0.15) is 0 Å². The molecule has 0 aliphatic carbocycles. The monoisotopic (exact) mass is 249 g/mol. The summed E-state index contributed by atoms with van der Waals surface area (Å²) >= 11 is 0. The first-order chi connectivity index (χ1) is 8.56. The van der Waals surface area contributed by atoms with Crippen LogP contribution in [0.25, 0.3) is 0 Å². The number of aliphatic hydroxyl groups excluding tert-OH is 1. The fourth-order valence-electron chi connectivity index (χ4n) is 2.49. The van der Waals surface area contributed by atoms with Gasteiger partial charge in [-0.25, -0.2) is 0 Å². The molecule has 1 aromatic rings. The summed E-state index contributed by atoms with van der Waals surface area (Å²) in [6.45, 7) is 6.06. The summed E-state index contributed by atoms with van der Waals surface area (Å²) in [7, 11) is 2.14. The Morgan fingerprint density at radius 3 is 2.61 bits per heavy atom. The van der Waals surface area contributed by atoms with Crippen molar-refractivity contribution in [1.82, 2.24) is 9.80 Å². The SMILES string of the molecule is CC1CN(C)CCN1CC(O)c1ccc(N)cc1. The normalized spacial score (nSPS) is 24.1. The van der Waals surface area contributed by atoms with E-state index < -0.39 is 6.10 Å². The first-order valence-corrected chi connectivity index (χ1v) is 6.52. The van der Waals surface area contributed by atoms with Crippen LogP contribution in [0.3, 0.4) is 0 Å². The summed E-state index contributed by atoms with van der Waals surface area (Å²) < 4.78 is 0. The van der Waals surface area contributed by atoms with E-state index >= 15 is 0 Å². The Hall–Kier alpha value is -1.10. The number of nitrogens with zero attached hydrogens (tertiary/aromatic N) is 2. The molecule has 1 saturated heterocycles. The minimum atomic E-state index is -0.434. The van der Waals surface area contributed by atoms with E-state index in [1.54, 1.807) is 0 Å². The quantitative estimate of drug-likeness (QED) is 0.783. The molecule has 1 heterocycles. The largest absolute Gasteiger partial charge is 0.399 e. The van der Waals surface area contributed by atoms with Crippen molar-refractivity contribution in [1.29, 1.82) is 0 Å². The molecule has 0 spiro atoms. The zero-order chi connectivity index (χ0) is 13.1. The van der Waals surface area contributed by atoms with E-state index in [9.17, 15) is 5.11 Å². The third-order valence-electron chi connectivity index (χ3n) is 3.70. The molecular weight excluding hydrogens is 226 g/mol. The smallest absolute Gasteiger partial charge is 0.0917 e. The van der Waals surface area contributed by atoms with Crippen LogP contribution in [0.4, 0.5) is 5.69 Å². The molecule has 1 aliphatic rings. The number of β-amino-alcohol motifs (C(OH)–C–C–N with tert-alkyl or cyclic N) is 1. The van der Waals surface area contributed by atoms with Crippen LogP contribution >= 0.6 is 0 Å². The Morgan fingerprint density at radius 1 is 1.33 bits per heavy atom. The molecule has 2 unspecified atom stereocenters. The number of anilines is 1. The second-order valence-electron chi connectivity index (χ2n) is 5.29. The Labute approximate surface area is 109 Å². The summed E-state index contributed by atoms with van der Waals surface area (Å²) in [6.07, 6.45) is -0.434. The number of hydrogen-bond acceptors (Lipinski definition) is 4. The van der Waals surface area contributed by atoms with Crippen molar-refractivity contribution in [3.05, 3.63) is 29.8 Å². The lowest BCUT2D eigenvalue weighted by Gasteiger charge is -2.39. The van der Waals surface area contributed by atoms with Gasteiger partial charge in [-0.15, -0.1) is 0 Å². The fourth-order valence-corrected chi connectivity index (χ4v) is 2.49. The molecule has 0 radical (unpaired) electrons. The van der Waals surface area contributed by atoms with Gasteiger partial charge in [0.15, 0.2) is 0 Å². The van der Waals surface area contributed by atoms with Gasteiger partial charge in [0.25, 0.3) is 0 Å². The molecule has 1 fully saturated rings. The van der Waals surface area contributed by atoms with E-state index in [0.29, 0.717) is 12.6 Å². The van der Waals surface area contributed by atoms with Crippen molar-refractivity contribution in [3.63, 3.8) is 0 Å². The number of benzene rings is 1. The van der Waals surface area contributed by atoms with Crippen LogP contribution < -0.4 is 5.73 Å². The van der Waals surface area contributed by atoms with E-state index in [1.807, 2.05) is 24.3 Å². The molecule has 3 N–H and O–H groups in total. The predicted molar refractivity (Wildman–Crippen MR) is 74.3 cm³/mol. The molecule has 1 aromatic carbocycles. The number of rotatable bonds is 3. The van der Waals surface area contributed by atoms with E-state index in [4.69, 9.17) is 5.73 Å². The van der Waals surface area contributed by atoms with Gasteiger partial charge >= 0.3 is 0 Å². The molecule has 1 aliphatic heterocycles. The number of aliphatic hydroxyl groups is 1. The van der Waals surface area contributed by atoms with Gasteiger partial charge in [-0.05, 0) is 31.7 Å². The highest BCUT2D eigenvalue weighted by Crippen LogP contribution is 2.18.